The molecule has 0 N–H and O–H groups in total. The van der Waals surface area contributed by atoms with Crippen molar-refractivity contribution in [2.45, 2.75) is 193 Å². The monoisotopic (exact) mass is 571 g/mol. The fourth-order valence-corrected chi connectivity index (χ4v) is 5.71. The lowest BCUT2D eigenvalue weighted by Gasteiger charge is -2.47. The molecule has 4 nitrogen and oxygen atoms in total. The minimum atomic E-state index is -1.16. The molecule has 0 aliphatic rings. The maximum Gasteiger partial charge on any atom is 0.313 e. The molecule has 0 heterocycles. The molecule has 0 saturated heterocycles. The van der Waals surface area contributed by atoms with Gasteiger partial charge in [-0.15, -0.1) is 6.58 Å². The summed E-state index contributed by atoms with van der Waals surface area (Å²) in [5.74, 6) is -1.16. The first-order valence-electron chi connectivity index (χ1n) is 17.4. The Balaban J connectivity index is 0. The predicted octanol–water partition coefficient (Wildman–Crippen LogP) is 11.9. The van der Waals surface area contributed by atoms with Crippen LogP contribution >= 0.6 is 0 Å². The van der Waals surface area contributed by atoms with E-state index < -0.39 is 11.6 Å². The molecular formula is C36H74O4. The van der Waals surface area contributed by atoms with Gasteiger partial charge in [-0.25, -0.2) is 0 Å². The molecule has 1 unspecified atom stereocenters. The summed E-state index contributed by atoms with van der Waals surface area (Å²) in [6.07, 6.45) is 32.0. The highest BCUT2D eigenvalue weighted by molar-refractivity contribution is 4.91. The van der Waals surface area contributed by atoms with Gasteiger partial charge >= 0.3 is 5.97 Å². The molecule has 0 aliphatic carbocycles. The van der Waals surface area contributed by atoms with E-state index >= 15 is 0 Å². The van der Waals surface area contributed by atoms with Crippen molar-refractivity contribution >= 4 is 0 Å². The van der Waals surface area contributed by atoms with Crippen molar-refractivity contribution in [3.05, 3.63) is 12.7 Å². The average molecular weight is 571 g/mol. The fourth-order valence-electron chi connectivity index (χ4n) is 5.71. The van der Waals surface area contributed by atoms with Crippen LogP contribution in [-0.4, -0.2) is 39.5 Å². The normalized spacial score (nSPS) is 13.1. The summed E-state index contributed by atoms with van der Waals surface area (Å²) in [4.78, 5) is 0. The molecule has 1 atom stereocenters. The first-order chi connectivity index (χ1) is 19.5. The van der Waals surface area contributed by atoms with E-state index in [1.165, 1.54) is 122 Å². The van der Waals surface area contributed by atoms with Crippen LogP contribution in [-0.2, 0) is 18.9 Å². The third-order valence-electron chi connectivity index (χ3n) is 8.11. The maximum absolute atomic E-state index is 6.83. The Morgan fingerprint density at radius 2 is 0.750 bits per heavy atom. The van der Waals surface area contributed by atoms with E-state index in [-0.39, 0.29) is 0 Å². The Hall–Kier alpha value is -0.420. The van der Waals surface area contributed by atoms with Gasteiger partial charge in [-0.2, -0.15) is 0 Å². The van der Waals surface area contributed by atoms with E-state index in [1.54, 1.807) is 27.4 Å². The van der Waals surface area contributed by atoms with Gasteiger partial charge in [0.05, 0.1) is 0 Å². The average Bonchev–Trinajstić information content (AvgIpc) is 2.96. The Kier molecular flexibility index (Phi) is 32.9. The molecule has 0 aromatic rings. The van der Waals surface area contributed by atoms with Crippen LogP contribution in [0.15, 0.2) is 12.7 Å². The topological polar surface area (TPSA) is 36.9 Å². The molecular weight excluding hydrogens is 496 g/mol. The minimum absolute atomic E-state index is 0.570. The second-order valence-electron chi connectivity index (χ2n) is 11.6. The summed E-state index contributed by atoms with van der Waals surface area (Å²) in [5.41, 5.74) is -0.570. The molecule has 0 amide bonds. The van der Waals surface area contributed by atoms with Crippen molar-refractivity contribution in [2.75, 3.05) is 27.9 Å². The highest BCUT2D eigenvalue weighted by Gasteiger charge is 2.54. The number of hydrogen-bond donors (Lipinski definition) is 0. The van der Waals surface area contributed by atoms with Gasteiger partial charge in [0.1, 0.15) is 5.60 Å². The molecule has 0 bridgehead atoms. The zero-order valence-corrected chi connectivity index (χ0v) is 28.6. The Bertz CT molecular complexity index is 483. The summed E-state index contributed by atoms with van der Waals surface area (Å²) >= 11 is 0. The van der Waals surface area contributed by atoms with E-state index in [4.69, 9.17) is 18.9 Å². The molecule has 0 aliphatic heterocycles. The predicted molar refractivity (Wildman–Crippen MR) is 176 cm³/mol. The van der Waals surface area contributed by atoms with E-state index in [9.17, 15) is 0 Å². The van der Waals surface area contributed by atoms with Gasteiger partial charge in [-0.05, 0) is 26.2 Å². The third kappa shape index (κ3) is 20.5. The second kappa shape index (κ2) is 31.5. The molecule has 0 aromatic carbocycles. The molecule has 0 rings (SSSR count). The van der Waals surface area contributed by atoms with E-state index in [1.807, 2.05) is 6.92 Å². The largest absolute Gasteiger partial charge is 0.367 e. The van der Waals surface area contributed by atoms with Gasteiger partial charge in [0.2, 0.25) is 0 Å². The molecule has 0 radical (unpaired) electrons. The standard InChI is InChI=1S/C33H68O4.C3H6/c1-7-10-13-16-19-21-24-27-30-32(33(34-4,35-5)36-6,29-26-23-18-15-12-9-3)37-31-28-25-22-20-17-14-11-8-2;1-3-2/h7-31H2,1-6H3;3H,1H2,2H3. The van der Waals surface area contributed by atoms with Crippen molar-refractivity contribution in [2.24, 2.45) is 0 Å². The van der Waals surface area contributed by atoms with Crippen LogP contribution in [0, 0.1) is 0 Å². The van der Waals surface area contributed by atoms with Crippen LogP contribution in [0.5, 0.6) is 0 Å². The Morgan fingerprint density at radius 3 is 1.05 bits per heavy atom. The van der Waals surface area contributed by atoms with Crippen molar-refractivity contribution in [3.63, 3.8) is 0 Å². The first kappa shape index (κ1) is 41.7. The van der Waals surface area contributed by atoms with Crippen LogP contribution in [0.3, 0.4) is 0 Å². The lowest BCUT2D eigenvalue weighted by atomic mass is 9.86. The molecule has 40 heavy (non-hydrogen) atoms. The van der Waals surface area contributed by atoms with Crippen molar-refractivity contribution in [1.29, 1.82) is 0 Å². The number of methoxy groups -OCH3 is 3. The van der Waals surface area contributed by atoms with Crippen molar-refractivity contribution in [1.82, 2.24) is 0 Å². The first-order valence-corrected chi connectivity index (χ1v) is 17.4. The number of ether oxygens (including phenoxy) is 4. The van der Waals surface area contributed by atoms with E-state index in [0.717, 1.165) is 38.7 Å². The quantitative estimate of drug-likeness (QED) is 0.0489. The van der Waals surface area contributed by atoms with Crippen LogP contribution in [0.4, 0.5) is 0 Å². The zero-order valence-electron chi connectivity index (χ0n) is 28.6. The van der Waals surface area contributed by atoms with Crippen LogP contribution in [0.25, 0.3) is 0 Å². The van der Waals surface area contributed by atoms with Gasteiger partial charge in [0, 0.05) is 27.9 Å². The number of rotatable bonds is 30. The van der Waals surface area contributed by atoms with Crippen molar-refractivity contribution in [3.8, 4) is 0 Å². The van der Waals surface area contributed by atoms with Crippen LogP contribution in [0.2, 0.25) is 0 Å². The molecule has 0 saturated carbocycles. The Labute approximate surface area is 252 Å². The van der Waals surface area contributed by atoms with Crippen LogP contribution in [0.1, 0.15) is 182 Å². The molecule has 0 spiro atoms. The molecule has 0 fully saturated rings. The Morgan fingerprint density at radius 1 is 0.475 bits per heavy atom. The maximum atomic E-state index is 6.83. The van der Waals surface area contributed by atoms with Crippen molar-refractivity contribution < 1.29 is 18.9 Å². The van der Waals surface area contributed by atoms with Gasteiger partial charge in [-0.3, -0.25) is 0 Å². The van der Waals surface area contributed by atoms with Gasteiger partial charge in [-0.1, -0.05) is 162 Å². The van der Waals surface area contributed by atoms with E-state index in [0.29, 0.717) is 0 Å². The highest BCUT2D eigenvalue weighted by Crippen LogP contribution is 2.41. The lowest BCUT2D eigenvalue weighted by molar-refractivity contribution is -0.429. The lowest BCUT2D eigenvalue weighted by Crippen LogP contribution is -2.60. The highest BCUT2D eigenvalue weighted by atomic mass is 16.9. The van der Waals surface area contributed by atoms with Gasteiger partial charge < -0.3 is 18.9 Å². The SMILES string of the molecule is C=CC.CCCCCCCCCCOC(CCCCCCCC)(CCCCCCCCCC)C(OC)(OC)OC. The number of hydrogen-bond acceptors (Lipinski definition) is 4. The molecule has 242 valence electrons. The molecule has 0 aromatic heterocycles. The summed E-state index contributed by atoms with van der Waals surface area (Å²) in [7, 11) is 5.11. The smallest absolute Gasteiger partial charge is 0.313 e. The summed E-state index contributed by atoms with van der Waals surface area (Å²) < 4.78 is 24.8. The minimum Gasteiger partial charge on any atom is -0.367 e. The number of allylic oxidation sites excluding steroid dienone is 1. The van der Waals surface area contributed by atoms with Crippen LogP contribution < -0.4 is 0 Å². The fraction of sp³-hybridized carbons (Fsp3) is 0.944. The second-order valence-corrected chi connectivity index (χ2v) is 11.6. The summed E-state index contributed by atoms with van der Waals surface area (Å²) in [6.45, 7) is 12.8. The number of unbranched alkanes of at least 4 members (excludes halogenated alkanes) is 19. The summed E-state index contributed by atoms with van der Waals surface area (Å²) in [6, 6.07) is 0. The van der Waals surface area contributed by atoms with E-state index in [2.05, 4.69) is 27.4 Å². The van der Waals surface area contributed by atoms with Gasteiger partial charge in [0.25, 0.3) is 0 Å². The summed E-state index contributed by atoms with van der Waals surface area (Å²) in [5, 5.41) is 0. The molecule has 4 heteroatoms. The van der Waals surface area contributed by atoms with Gasteiger partial charge in [0.15, 0.2) is 0 Å². The zero-order chi connectivity index (χ0) is 30.2. The third-order valence-corrected chi connectivity index (χ3v) is 8.11.